The number of aromatic amines is 1. The van der Waals surface area contributed by atoms with Crippen LogP contribution in [-0.4, -0.2) is 25.9 Å². The number of hydrogen-bond acceptors (Lipinski definition) is 3. The summed E-state index contributed by atoms with van der Waals surface area (Å²) in [7, 11) is 0. The van der Waals surface area contributed by atoms with Crippen LogP contribution in [0.15, 0.2) is 60.9 Å². The Bertz CT molecular complexity index is 1150. The second-order valence-electron chi connectivity index (χ2n) is 6.15. The lowest BCUT2D eigenvalue weighted by atomic mass is 10.1. The number of benzene rings is 2. The maximum absolute atomic E-state index is 13.1. The number of carbonyl (C=O) groups excluding carboxylic acids is 1. The minimum Gasteiger partial charge on any atom is -0.318 e. The van der Waals surface area contributed by atoms with Crippen LogP contribution in [0.3, 0.4) is 0 Å². The summed E-state index contributed by atoms with van der Waals surface area (Å²) in [5.74, 6) is -0.437. The Morgan fingerprint density at radius 3 is 2.68 bits per heavy atom. The van der Waals surface area contributed by atoms with E-state index >= 15 is 0 Å². The first-order chi connectivity index (χ1) is 13.4. The van der Waals surface area contributed by atoms with Crippen LogP contribution in [0.1, 0.15) is 21.6 Å². The van der Waals surface area contributed by atoms with Crippen molar-refractivity contribution in [3.05, 3.63) is 77.7 Å². The Morgan fingerprint density at radius 1 is 1.11 bits per heavy atom. The predicted molar refractivity (Wildman–Crippen MR) is 96.8 cm³/mol. The van der Waals surface area contributed by atoms with Crippen molar-refractivity contribution in [3.8, 4) is 0 Å². The third-order valence-electron chi connectivity index (χ3n) is 4.23. The first-order valence-corrected chi connectivity index (χ1v) is 8.34. The van der Waals surface area contributed by atoms with E-state index < -0.39 is 17.6 Å². The number of amides is 1. The molecular formula is C19H14F3N5O. The molecule has 0 unspecified atom stereocenters. The number of hydrogen-bond donors (Lipinski definition) is 2. The minimum absolute atomic E-state index is 0.0725. The lowest BCUT2D eigenvalue weighted by Crippen LogP contribution is -2.13. The molecule has 0 saturated carbocycles. The van der Waals surface area contributed by atoms with Gasteiger partial charge >= 0.3 is 6.18 Å². The number of H-pyrrole nitrogens is 1. The predicted octanol–water partition coefficient (Wildman–Crippen LogP) is 4.08. The summed E-state index contributed by atoms with van der Waals surface area (Å²) >= 11 is 0. The average molecular weight is 385 g/mol. The van der Waals surface area contributed by atoms with Gasteiger partial charge in [0.25, 0.3) is 5.91 Å². The van der Waals surface area contributed by atoms with E-state index in [1.165, 1.54) is 29.2 Å². The molecule has 0 spiro atoms. The molecule has 2 N–H and O–H groups in total. The van der Waals surface area contributed by atoms with Crippen LogP contribution in [-0.2, 0) is 12.7 Å². The number of alkyl halides is 3. The maximum Gasteiger partial charge on any atom is 0.416 e. The molecule has 0 aliphatic rings. The van der Waals surface area contributed by atoms with E-state index in [9.17, 15) is 18.0 Å². The highest BCUT2D eigenvalue weighted by Gasteiger charge is 2.32. The quantitative estimate of drug-likeness (QED) is 0.556. The van der Waals surface area contributed by atoms with Crippen molar-refractivity contribution in [2.45, 2.75) is 12.7 Å². The summed E-state index contributed by atoms with van der Waals surface area (Å²) in [5.41, 5.74) is 0.702. The van der Waals surface area contributed by atoms with Gasteiger partial charge in [0.2, 0.25) is 0 Å². The van der Waals surface area contributed by atoms with Crippen molar-refractivity contribution >= 4 is 22.5 Å². The second kappa shape index (κ2) is 6.84. The number of halogens is 3. The monoisotopic (exact) mass is 385 g/mol. The molecule has 2 heterocycles. The molecule has 142 valence electrons. The summed E-state index contributed by atoms with van der Waals surface area (Å²) in [6, 6.07) is 12.5. The molecule has 0 saturated heterocycles. The molecule has 4 rings (SSSR count). The Hall–Kier alpha value is -3.62. The number of fused-ring (bicyclic) bond motifs is 1. The van der Waals surface area contributed by atoms with Crippen molar-refractivity contribution in [1.29, 1.82) is 0 Å². The van der Waals surface area contributed by atoms with Gasteiger partial charge in [0, 0.05) is 11.6 Å². The SMILES string of the molecule is O=C(Nc1cnn(Cc2ccccc2C(F)(F)F)c1)c1n[nH]c2ccccc12. The fraction of sp³-hybridized carbons (Fsp3) is 0.105. The zero-order valence-electron chi connectivity index (χ0n) is 14.4. The second-order valence-corrected chi connectivity index (χ2v) is 6.15. The summed E-state index contributed by atoms with van der Waals surface area (Å²) in [6.45, 7) is -0.0725. The van der Waals surface area contributed by atoms with Crippen molar-refractivity contribution in [2.75, 3.05) is 5.32 Å². The van der Waals surface area contributed by atoms with Crippen LogP contribution in [0.2, 0.25) is 0 Å². The van der Waals surface area contributed by atoms with Crippen molar-refractivity contribution in [1.82, 2.24) is 20.0 Å². The van der Waals surface area contributed by atoms with Crippen LogP contribution < -0.4 is 5.32 Å². The topological polar surface area (TPSA) is 75.6 Å². The highest BCUT2D eigenvalue weighted by atomic mass is 19.4. The molecule has 4 aromatic rings. The van der Waals surface area contributed by atoms with E-state index in [-0.39, 0.29) is 17.8 Å². The van der Waals surface area contributed by atoms with Gasteiger partial charge in [-0.2, -0.15) is 23.4 Å². The number of para-hydroxylation sites is 1. The van der Waals surface area contributed by atoms with Crippen molar-refractivity contribution in [3.63, 3.8) is 0 Å². The molecule has 2 aromatic heterocycles. The van der Waals surface area contributed by atoms with Crippen LogP contribution in [0, 0.1) is 0 Å². The molecular weight excluding hydrogens is 371 g/mol. The molecule has 9 heteroatoms. The summed E-state index contributed by atoms with van der Waals surface area (Å²) < 4.78 is 40.7. The van der Waals surface area contributed by atoms with E-state index in [2.05, 4.69) is 20.6 Å². The third-order valence-corrected chi connectivity index (χ3v) is 4.23. The Kier molecular flexibility index (Phi) is 4.34. The molecule has 1 amide bonds. The van der Waals surface area contributed by atoms with Gasteiger partial charge in [-0.1, -0.05) is 36.4 Å². The number of carbonyl (C=O) groups is 1. The molecule has 0 radical (unpaired) electrons. The maximum atomic E-state index is 13.1. The molecule has 28 heavy (non-hydrogen) atoms. The number of nitrogens with zero attached hydrogens (tertiary/aromatic N) is 3. The van der Waals surface area contributed by atoms with E-state index in [1.54, 1.807) is 24.3 Å². The molecule has 0 aliphatic carbocycles. The summed E-state index contributed by atoms with van der Waals surface area (Å²) in [4.78, 5) is 12.5. The van der Waals surface area contributed by atoms with Gasteiger partial charge in [-0.15, -0.1) is 0 Å². The molecule has 0 aliphatic heterocycles. The van der Waals surface area contributed by atoms with Crippen LogP contribution >= 0.6 is 0 Å². The van der Waals surface area contributed by atoms with Gasteiger partial charge in [0.1, 0.15) is 0 Å². The van der Waals surface area contributed by atoms with Crippen LogP contribution in [0.5, 0.6) is 0 Å². The average Bonchev–Trinajstić information content (AvgIpc) is 3.28. The molecule has 0 atom stereocenters. The van der Waals surface area contributed by atoms with Gasteiger partial charge in [-0.25, -0.2) is 0 Å². The molecule has 6 nitrogen and oxygen atoms in total. The lowest BCUT2D eigenvalue weighted by molar-refractivity contribution is -0.138. The van der Waals surface area contributed by atoms with Gasteiger partial charge in [0.05, 0.1) is 29.5 Å². The standard InChI is InChI=1S/C19H14F3N5O/c20-19(21,22)15-7-3-1-5-12(15)10-27-11-13(9-23-27)24-18(28)17-14-6-2-4-8-16(14)25-26-17/h1-9,11H,10H2,(H,24,28)(H,25,26). The smallest absolute Gasteiger partial charge is 0.318 e. The van der Waals surface area contributed by atoms with Gasteiger partial charge in [0.15, 0.2) is 5.69 Å². The fourth-order valence-corrected chi connectivity index (χ4v) is 2.95. The number of anilines is 1. The number of nitrogens with one attached hydrogen (secondary N) is 2. The Morgan fingerprint density at radius 2 is 1.86 bits per heavy atom. The van der Waals surface area contributed by atoms with E-state index in [0.29, 0.717) is 11.1 Å². The van der Waals surface area contributed by atoms with Crippen molar-refractivity contribution in [2.24, 2.45) is 0 Å². The molecule has 2 aromatic carbocycles. The largest absolute Gasteiger partial charge is 0.416 e. The van der Waals surface area contributed by atoms with Gasteiger partial charge in [-0.05, 0) is 17.7 Å². The zero-order valence-corrected chi connectivity index (χ0v) is 14.4. The van der Waals surface area contributed by atoms with Crippen molar-refractivity contribution < 1.29 is 18.0 Å². The normalized spacial score (nSPS) is 11.7. The molecule has 0 fully saturated rings. The highest BCUT2D eigenvalue weighted by Crippen LogP contribution is 2.32. The highest BCUT2D eigenvalue weighted by molar-refractivity contribution is 6.10. The van der Waals surface area contributed by atoms with Gasteiger partial charge in [-0.3, -0.25) is 14.6 Å². The van der Waals surface area contributed by atoms with Crippen LogP contribution in [0.4, 0.5) is 18.9 Å². The number of aromatic nitrogens is 4. The molecule has 0 bridgehead atoms. The van der Waals surface area contributed by atoms with E-state index in [0.717, 1.165) is 11.6 Å². The van der Waals surface area contributed by atoms with Gasteiger partial charge < -0.3 is 5.32 Å². The zero-order chi connectivity index (χ0) is 19.7. The van der Waals surface area contributed by atoms with Crippen LogP contribution in [0.25, 0.3) is 10.9 Å². The summed E-state index contributed by atoms with van der Waals surface area (Å²) in [5, 5.41) is 14.2. The number of rotatable bonds is 4. The minimum atomic E-state index is -4.44. The van der Waals surface area contributed by atoms with E-state index in [1.807, 2.05) is 6.07 Å². The summed E-state index contributed by atoms with van der Waals surface area (Å²) in [6.07, 6.45) is -1.59. The Labute approximate surface area is 157 Å². The van der Waals surface area contributed by atoms with E-state index in [4.69, 9.17) is 0 Å². The Balaban J connectivity index is 1.52. The lowest BCUT2D eigenvalue weighted by Gasteiger charge is -2.12. The first-order valence-electron chi connectivity index (χ1n) is 8.34. The third kappa shape index (κ3) is 3.46. The fourth-order valence-electron chi connectivity index (χ4n) is 2.95. The first kappa shape index (κ1) is 17.8.